The molecule has 0 spiro atoms. The van der Waals surface area contributed by atoms with Gasteiger partial charge in [0.2, 0.25) is 0 Å². The molecule has 2 heterocycles. The summed E-state index contributed by atoms with van der Waals surface area (Å²) in [6.45, 7) is 0. The summed E-state index contributed by atoms with van der Waals surface area (Å²) in [7, 11) is 0. The monoisotopic (exact) mass is 684 g/mol. The number of fused-ring (bicyclic) bond motifs is 1. The molecule has 2 amide bonds. The van der Waals surface area contributed by atoms with Crippen LogP contribution in [0.4, 0.5) is 5.69 Å². The van der Waals surface area contributed by atoms with Gasteiger partial charge >= 0.3 is 200 Å². The van der Waals surface area contributed by atoms with E-state index in [1.165, 1.54) is 0 Å². The number of amides is 2. The number of carbonyl (C=O) groups excluding carboxylic acids is 2. The summed E-state index contributed by atoms with van der Waals surface area (Å²) in [6.07, 6.45) is 1.93. The van der Waals surface area contributed by atoms with E-state index in [0.29, 0.717) is 26.0 Å². The molecule has 0 unspecified atom stereocenters. The number of hydrogen-bond donors (Lipinski definition) is 3. The summed E-state index contributed by atoms with van der Waals surface area (Å²) >= 11 is 22.6. The molecule has 0 aliphatic carbocycles. The van der Waals surface area contributed by atoms with E-state index in [1.807, 2.05) is 22.3 Å². The van der Waals surface area contributed by atoms with Crippen LogP contribution in [0.2, 0.25) is 20.1 Å². The Morgan fingerprint density at radius 2 is 1.38 bits per heavy atom. The first-order valence-electron chi connectivity index (χ1n) is 10.8. The van der Waals surface area contributed by atoms with Crippen molar-refractivity contribution < 1.29 is 9.59 Å². The predicted molar refractivity (Wildman–Crippen MR) is 159 cm³/mol. The van der Waals surface area contributed by atoms with Crippen molar-refractivity contribution in [3.05, 3.63) is 107 Å². The third kappa shape index (κ3) is 5.66. The van der Waals surface area contributed by atoms with Gasteiger partial charge in [-0.3, -0.25) is 0 Å². The van der Waals surface area contributed by atoms with E-state index in [4.69, 9.17) is 46.4 Å². The van der Waals surface area contributed by atoms with E-state index >= 15 is 0 Å². The van der Waals surface area contributed by atoms with E-state index in [1.54, 1.807) is 48.5 Å². The Bertz CT molecular complexity index is 1510. The minimum atomic E-state index is -2.01. The zero-order valence-electron chi connectivity index (χ0n) is 18.8. The Labute approximate surface area is 240 Å². The average molecular weight is 686 g/mol. The maximum atomic E-state index is 12.8. The van der Waals surface area contributed by atoms with Crippen LogP contribution in [-0.4, -0.2) is 21.8 Å². The number of rotatable bonds is 5. The van der Waals surface area contributed by atoms with Gasteiger partial charge in [0.15, 0.2) is 0 Å². The van der Waals surface area contributed by atoms with Crippen molar-refractivity contribution in [3.63, 3.8) is 0 Å². The van der Waals surface area contributed by atoms with Gasteiger partial charge in [-0.05, 0) is 12.1 Å². The van der Waals surface area contributed by atoms with Gasteiger partial charge in [-0.2, -0.15) is 0 Å². The molecule has 37 heavy (non-hydrogen) atoms. The number of alkyl halides is 1. The first kappa shape index (κ1) is 26.1. The predicted octanol–water partition coefficient (Wildman–Crippen LogP) is 8.28. The number of nitrogens with zero attached hydrogens (tertiary/aromatic N) is 1. The second-order valence-electron chi connectivity index (χ2n) is 7.92. The number of nitrogens with one attached hydrogen (secondary N) is 3. The van der Waals surface area contributed by atoms with E-state index in [0.717, 1.165) is 17.0 Å². The number of aromatic nitrogens is 2. The van der Waals surface area contributed by atoms with Gasteiger partial charge < -0.3 is 0 Å². The van der Waals surface area contributed by atoms with Crippen molar-refractivity contribution in [3.8, 4) is 11.4 Å². The van der Waals surface area contributed by atoms with Crippen LogP contribution >= 0.6 is 66.5 Å². The molecule has 1 aliphatic heterocycles. The van der Waals surface area contributed by atoms with Crippen molar-refractivity contribution in [2.24, 2.45) is 0 Å². The van der Waals surface area contributed by atoms with Crippen LogP contribution in [0.1, 0.15) is 32.1 Å². The van der Waals surface area contributed by atoms with Gasteiger partial charge in [-0.1, -0.05) is 29.3 Å². The molecule has 0 bridgehead atoms. The molecule has 188 valence electrons. The molecular weight excluding hydrogens is 669 g/mol. The number of carbonyl (C=O) groups is 2. The van der Waals surface area contributed by atoms with Crippen molar-refractivity contribution in [2.45, 2.75) is 4.43 Å². The van der Waals surface area contributed by atoms with Crippen molar-refractivity contribution in [1.29, 1.82) is 0 Å². The second kappa shape index (κ2) is 11.0. The number of hydrogen-bond acceptors (Lipinski definition) is 3. The van der Waals surface area contributed by atoms with E-state index in [-0.39, 0.29) is 27.1 Å². The summed E-state index contributed by atoms with van der Waals surface area (Å²) in [4.78, 5) is 33.5. The van der Waals surface area contributed by atoms with Crippen LogP contribution in [-0.2, 0) is 4.43 Å². The molecule has 0 saturated carbocycles. The number of imidazole rings is 1. The summed E-state index contributed by atoms with van der Waals surface area (Å²) in [6, 6.07) is 17.2. The molecule has 6 nitrogen and oxygen atoms in total. The zero-order valence-corrected chi connectivity index (χ0v) is 24.0. The topological polar surface area (TPSA) is 86.9 Å². The molecule has 1 aromatic heterocycles. The Morgan fingerprint density at radius 3 is 1.97 bits per heavy atom. The Hall–Kier alpha value is -2.56. The summed E-state index contributed by atoms with van der Waals surface area (Å²) in [5, 5.41) is 4.01. The smallest absolute Gasteiger partial charge is 0.0834 e. The van der Waals surface area contributed by atoms with Crippen LogP contribution in [0.25, 0.3) is 17.5 Å². The fraction of sp³-hybridized carbons (Fsp3) is 0.0385. The number of aromatic amines is 1. The Morgan fingerprint density at radius 1 is 0.811 bits per heavy atom. The number of H-pyrrole nitrogens is 1. The normalized spacial score (nSPS) is 13.2. The Kier molecular flexibility index (Phi) is 7.78. The van der Waals surface area contributed by atoms with Gasteiger partial charge in [0.05, 0.1) is 0 Å². The van der Waals surface area contributed by atoms with Crippen molar-refractivity contribution in [1.82, 2.24) is 13.5 Å². The molecule has 5 rings (SSSR count). The first-order valence-corrected chi connectivity index (χ1v) is 16.2. The van der Waals surface area contributed by atoms with Gasteiger partial charge in [0, 0.05) is 0 Å². The molecule has 0 radical (unpaired) electrons. The third-order valence-electron chi connectivity index (χ3n) is 5.46. The van der Waals surface area contributed by atoms with Crippen LogP contribution in [0.3, 0.4) is 0 Å². The van der Waals surface area contributed by atoms with Crippen molar-refractivity contribution in [2.75, 3.05) is 5.32 Å². The number of benzene rings is 3. The standard InChI is InChI=1S/C26H17Cl4IN4O2/c27-16-3-1-4-17(28)22(16)25(36)32-15-9-7-14(8-10-15)24-33-20-11-12-31(13-21(20)34-24)35-26(37)23-18(29)5-2-6-19(23)30/h1-12H,13H2,(H,32,36)(H,33,34)(H,35,37). The van der Waals surface area contributed by atoms with Crippen LogP contribution in [0.15, 0.2) is 64.7 Å². The fourth-order valence-electron chi connectivity index (χ4n) is 3.68. The molecule has 3 N–H and O–H groups in total. The Balaban J connectivity index is 1.27. The minimum Gasteiger partial charge on any atom is -0.0834 e. The molecule has 0 saturated heterocycles. The minimum absolute atomic E-state index is 0.226. The molecular formula is C26H17Cl4IN4O2. The van der Waals surface area contributed by atoms with Crippen molar-refractivity contribution >= 4 is 90.1 Å². The fourth-order valence-corrected chi connectivity index (χ4v) is 8.52. The number of anilines is 1. The molecule has 11 heteroatoms. The van der Waals surface area contributed by atoms with E-state index in [2.05, 4.69) is 18.8 Å². The third-order valence-corrected chi connectivity index (χ3v) is 10.7. The van der Waals surface area contributed by atoms with E-state index < -0.39 is 26.0 Å². The summed E-state index contributed by atoms with van der Waals surface area (Å²) in [5.41, 5.74) is 3.75. The first-order chi connectivity index (χ1) is 17.8. The summed E-state index contributed by atoms with van der Waals surface area (Å²) < 4.78 is 5.83. The molecule has 4 aromatic rings. The second-order valence-corrected chi connectivity index (χ2v) is 13.8. The summed E-state index contributed by atoms with van der Waals surface area (Å²) in [5.74, 6) is 0.0305. The zero-order chi connectivity index (χ0) is 26.1. The number of halogens is 5. The molecule has 3 aromatic carbocycles. The average Bonchev–Trinajstić information content (AvgIpc) is 3.28. The SMILES string of the molecule is O=C(Nc1ccc(-c2nc3c([nH]2)CI(NC(=O)c2c(Cl)cccc2Cl)C=C3)cc1)c1c(Cl)cccc1Cl. The maximum absolute atomic E-state index is 12.8. The van der Waals surface area contributed by atoms with E-state index in [9.17, 15) is 9.59 Å². The van der Waals surface area contributed by atoms with Gasteiger partial charge in [0.25, 0.3) is 0 Å². The molecule has 0 fully saturated rings. The molecule has 0 atom stereocenters. The molecule has 1 aliphatic rings. The quantitative estimate of drug-likeness (QED) is 0.112. The van der Waals surface area contributed by atoms with Crippen LogP contribution < -0.4 is 8.85 Å². The van der Waals surface area contributed by atoms with Gasteiger partial charge in [-0.15, -0.1) is 0 Å². The van der Waals surface area contributed by atoms with Crippen LogP contribution in [0.5, 0.6) is 0 Å². The van der Waals surface area contributed by atoms with Gasteiger partial charge in [0.1, 0.15) is 0 Å². The van der Waals surface area contributed by atoms with Crippen LogP contribution in [0, 0.1) is 0 Å². The van der Waals surface area contributed by atoms with Gasteiger partial charge in [-0.25, -0.2) is 0 Å².